The highest BCUT2D eigenvalue weighted by Crippen LogP contribution is 2.30. The number of hydrogen-bond donors (Lipinski definition) is 6. The van der Waals surface area contributed by atoms with E-state index in [0.29, 0.717) is 56.8 Å². The smallest absolute Gasteiger partial charge is 0.407 e. The normalized spacial score (nSPS) is 14.0. The van der Waals surface area contributed by atoms with Gasteiger partial charge < -0.3 is 45.3 Å². The van der Waals surface area contributed by atoms with Crippen molar-refractivity contribution in [1.82, 2.24) is 40.8 Å². The van der Waals surface area contributed by atoms with Gasteiger partial charge in [0.2, 0.25) is 5.91 Å². The lowest BCUT2D eigenvalue weighted by Gasteiger charge is -2.29. The van der Waals surface area contributed by atoms with Gasteiger partial charge in [-0.1, -0.05) is 66.7 Å². The first-order chi connectivity index (χ1) is 29.2. The van der Waals surface area contributed by atoms with Gasteiger partial charge in [-0.2, -0.15) is 0 Å². The summed E-state index contributed by atoms with van der Waals surface area (Å²) in [7, 11) is 0. The summed E-state index contributed by atoms with van der Waals surface area (Å²) in [6.07, 6.45) is 5.57. The van der Waals surface area contributed by atoms with Gasteiger partial charge >= 0.3 is 18.1 Å². The molecule has 6 N–H and O–H groups in total. The Balaban J connectivity index is 1.02. The van der Waals surface area contributed by atoms with Crippen molar-refractivity contribution in [2.24, 2.45) is 0 Å². The first-order valence-electron chi connectivity index (χ1n) is 21.0. The minimum absolute atomic E-state index is 0.165. The molecule has 0 bridgehead atoms. The maximum absolute atomic E-state index is 14.1. The third kappa shape index (κ3) is 10.4. The van der Waals surface area contributed by atoms with Crippen molar-refractivity contribution in [1.29, 1.82) is 0 Å². The number of nitrogens with one attached hydrogen (secondary N) is 6. The van der Waals surface area contributed by atoms with Crippen LogP contribution in [0, 0.1) is 0 Å². The number of benzene rings is 3. The Morgan fingerprint density at radius 1 is 0.852 bits per heavy atom. The SMILES string of the molecule is CC(C)(C)OC(=O)[C@@H](CCCCNC(=O)OCc1ccccc1)NC(=O)C(C)(C)c1cnc([C@@H](Cc2c[nH]c3ccccc23)NC(=O)N2CCc3c([nH]c4ccccc34)C2)[nH]1. The Morgan fingerprint density at radius 3 is 2.34 bits per heavy atom. The van der Waals surface area contributed by atoms with Crippen LogP contribution in [0.5, 0.6) is 0 Å². The van der Waals surface area contributed by atoms with E-state index in [1.807, 2.05) is 77.8 Å². The molecular weight excluding hydrogens is 773 g/mol. The number of imidazole rings is 1. The molecule has 0 fully saturated rings. The fourth-order valence-corrected chi connectivity index (χ4v) is 7.70. The van der Waals surface area contributed by atoms with Gasteiger partial charge in [0.05, 0.1) is 18.0 Å². The molecule has 3 aromatic heterocycles. The predicted octanol–water partition coefficient (Wildman–Crippen LogP) is 7.62. The molecule has 14 nitrogen and oxygen atoms in total. The molecule has 0 unspecified atom stereocenters. The largest absolute Gasteiger partial charge is 0.458 e. The molecule has 0 radical (unpaired) electrons. The number of unbranched alkanes of at least 4 members (excludes halogenated alkanes) is 1. The minimum atomic E-state index is -1.16. The van der Waals surface area contributed by atoms with Crippen LogP contribution in [0.3, 0.4) is 0 Å². The van der Waals surface area contributed by atoms with Gasteiger partial charge in [0, 0.05) is 65.1 Å². The van der Waals surface area contributed by atoms with E-state index in [0.717, 1.165) is 39.7 Å². The third-order valence-corrected chi connectivity index (χ3v) is 11.1. The number of hydrogen-bond acceptors (Lipinski definition) is 7. The third-order valence-electron chi connectivity index (χ3n) is 11.1. The molecule has 7 rings (SSSR count). The van der Waals surface area contributed by atoms with Gasteiger partial charge in [-0.15, -0.1) is 0 Å². The lowest BCUT2D eigenvalue weighted by atomic mass is 9.88. The summed E-state index contributed by atoms with van der Waals surface area (Å²) in [6, 6.07) is 23.9. The molecule has 0 saturated carbocycles. The van der Waals surface area contributed by atoms with E-state index in [1.165, 1.54) is 10.9 Å². The number of fused-ring (bicyclic) bond motifs is 4. The van der Waals surface area contributed by atoms with Crippen molar-refractivity contribution >= 4 is 45.8 Å². The zero-order valence-electron chi connectivity index (χ0n) is 35.5. The van der Waals surface area contributed by atoms with Crippen molar-refractivity contribution in [2.75, 3.05) is 13.1 Å². The summed E-state index contributed by atoms with van der Waals surface area (Å²) in [5.74, 6) is -0.451. The first-order valence-corrected chi connectivity index (χ1v) is 21.0. The maximum atomic E-state index is 14.1. The second-order valence-corrected chi connectivity index (χ2v) is 17.2. The summed E-state index contributed by atoms with van der Waals surface area (Å²) >= 11 is 0. The highest BCUT2D eigenvalue weighted by atomic mass is 16.6. The van der Waals surface area contributed by atoms with Crippen LogP contribution in [0.25, 0.3) is 21.8 Å². The number of nitrogens with zero attached hydrogens (tertiary/aromatic N) is 2. The molecule has 0 aliphatic carbocycles. The Labute approximate surface area is 355 Å². The van der Waals surface area contributed by atoms with Crippen LogP contribution in [0.1, 0.15) is 93.8 Å². The highest BCUT2D eigenvalue weighted by Gasteiger charge is 2.37. The fraction of sp³-hybridized carbons (Fsp3) is 0.383. The number of aromatic nitrogens is 4. The van der Waals surface area contributed by atoms with Crippen LogP contribution < -0.4 is 16.0 Å². The summed E-state index contributed by atoms with van der Waals surface area (Å²) in [5.41, 5.74) is 4.80. The number of urea groups is 1. The van der Waals surface area contributed by atoms with Gasteiger partial charge in [-0.05, 0) is 89.1 Å². The zero-order chi connectivity index (χ0) is 43.1. The number of aromatic amines is 3. The lowest BCUT2D eigenvalue weighted by Crippen LogP contribution is -2.50. The monoisotopic (exact) mass is 828 g/mol. The van der Waals surface area contributed by atoms with Crippen molar-refractivity contribution < 1.29 is 28.7 Å². The first kappa shape index (κ1) is 42.6. The molecule has 6 aromatic rings. The van der Waals surface area contributed by atoms with Gasteiger partial charge in [0.1, 0.15) is 24.1 Å². The van der Waals surface area contributed by atoms with Crippen LogP contribution in [0.4, 0.5) is 9.59 Å². The van der Waals surface area contributed by atoms with E-state index in [4.69, 9.17) is 14.5 Å². The van der Waals surface area contributed by atoms with Crippen LogP contribution >= 0.6 is 0 Å². The molecule has 0 saturated heterocycles. The highest BCUT2D eigenvalue weighted by molar-refractivity contribution is 5.91. The average Bonchev–Trinajstić information content (AvgIpc) is 3.99. The molecule has 1 aliphatic heterocycles. The number of rotatable bonds is 15. The molecular formula is C47H56N8O6. The Bertz CT molecular complexity index is 2480. The maximum Gasteiger partial charge on any atom is 0.407 e. The van der Waals surface area contributed by atoms with Crippen LogP contribution in [-0.2, 0) is 50.5 Å². The van der Waals surface area contributed by atoms with E-state index in [2.05, 4.69) is 43.0 Å². The van der Waals surface area contributed by atoms with Crippen LogP contribution in [-0.4, -0.2) is 73.6 Å². The molecule has 14 heteroatoms. The topological polar surface area (TPSA) is 186 Å². The molecule has 1 aliphatic rings. The van der Waals surface area contributed by atoms with Crippen LogP contribution in [0.2, 0.25) is 0 Å². The molecule has 3 aromatic carbocycles. The summed E-state index contributed by atoms with van der Waals surface area (Å²) in [4.78, 5) is 70.6. The number of ether oxygens (including phenoxy) is 2. The quantitative estimate of drug-likeness (QED) is 0.0454. The Kier molecular flexibility index (Phi) is 12.8. The number of carbonyl (C=O) groups excluding carboxylic acids is 4. The number of esters is 1. The number of amides is 4. The van der Waals surface area contributed by atoms with E-state index in [9.17, 15) is 19.2 Å². The number of H-pyrrole nitrogens is 3. The molecule has 0 spiro atoms. The van der Waals surface area contributed by atoms with Crippen LogP contribution in [0.15, 0.2) is 91.3 Å². The Morgan fingerprint density at radius 2 is 1.57 bits per heavy atom. The number of para-hydroxylation sites is 2. The lowest BCUT2D eigenvalue weighted by molar-refractivity contribution is -0.159. The van der Waals surface area contributed by atoms with Gasteiger partial charge in [-0.3, -0.25) is 4.79 Å². The summed E-state index contributed by atoms with van der Waals surface area (Å²) < 4.78 is 11.0. The van der Waals surface area contributed by atoms with Gasteiger partial charge in [0.25, 0.3) is 0 Å². The van der Waals surface area contributed by atoms with E-state index < -0.39 is 41.1 Å². The van der Waals surface area contributed by atoms with Crippen molar-refractivity contribution in [2.45, 2.75) is 103 Å². The molecule has 2 atom stereocenters. The molecule has 4 amide bonds. The molecule has 4 heterocycles. The minimum Gasteiger partial charge on any atom is -0.458 e. The fourth-order valence-electron chi connectivity index (χ4n) is 7.70. The Hall–Kier alpha value is -6.57. The van der Waals surface area contributed by atoms with E-state index >= 15 is 0 Å². The van der Waals surface area contributed by atoms with E-state index in [1.54, 1.807) is 40.8 Å². The van der Waals surface area contributed by atoms with Crippen molar-refractivity contribution in [3.63, 3.8) is 0 Å². The summed E-state index contributed by atoms with van der Waals surface area (Å²) in [6.45, 7) is 10.4. The summed E-state index contributed by atoms with van der Waals surface area (Å²) in [5, 5.41) is 11.2. The van der Waals surface area contributed by atoms with Crippen molar-refractivity contribution in [3.05, 3.63) is 125 Å². The number of carbonyl (C=O) groups is 4. The van der Waals surface area contributed by atoms with Gasteiger partial charge in [-0.25, -0.2) is 19.4 Å². The van der Waals surface area contributed by atoms with Gasteiger partial charge in [0.15, 0.2) is 0 Å². The number of alkyl carbamates (subject to hydrolysis) is 1. The molecule has 61 heavy (non-hydrogen) atoms. The second kappa shape index (κ2) is 18.4. The average molecular weight is 829 g/mol. The second-order valence-electron chi connectivity index (χ2n) is 17.2. The zero-order valence-corrected chi connectivity index (χ0v) is 35.5. The standard InChI is InChI=1S/C47H56N8O6/c1-46(2,3)61-42(56)37(21-13-14-23-48-45(59)60-29-30-15-7-6-8-16-30)52-43(57)47(4,5)40-27-50-41(54-40)38(25-31-26-49-35-19-11-9-17-32(31)35)53-44(58)55-24-22-34-33-18-10-12-20-36(33)51-39(34)28-55/h6-12,15-20,26-27,37-38,49,51H,13-14,21-25,28-29H2,1-5H3,(H,48,59)(H,50,54)(H,52,57)(H,53,58)/t37-,38-/m1/s1. The van der Waals surface area contributed by atoms with E-state index in [-0.39, 0.29) is 12.6 Å². The predicted molar refractivity (Wildman–Crippen MR) is 234 cm³/mol. The molecule has 320 valence electrons. The van der Waals surface area contributed by atoms with Crippen molar-refractivity contribution in [3.8, 4) is 0 Å².